The van der Waals surface area contributed by atoms with Crippen molar-refractivity contribution >= 4 is 22.3 Å². The number of esters is 1. The molecule has 0 aliphatic rings. The van der Waals surface area contributed by atoms with Crippen LogP contribution in [0, 0.1) is 6.92 Å². The number of carbonyl (C=O) groups is 1. The highest BCUT2D eigenvalue weighted by atomic mass is 32.1. The summed E-state index contributed by atoms with van der Waals surface area (Å²) in [5.74, 6) is -0.526. The number of ether oxygens (including phenoxy) is 1. The van der Waals surface area contributed by atoms with Gasteiger partial charge in [0.2, 0.25) is 0 Å². The minimum atomic E-state index is -0.526. The Morgan fingerprint density at radius 1 is 1.31 bits per heavy atom. The lowest BCUT2D eigenvalue weighted by molar-refractivity contribution is 0.0469. The van der Waals surface area contributed by atoms with Crippen molar-refractivity contribution in [3.05, 3.63) is 75.3 Å². The summed E-state index contributed by atoms with van der Waals surface area (Å²) < 4.78 is 6.87. The van der Waals surface area contributed by atoms with Gasteiger partial charge in [-0.25, -0.2) is 9.78 Å². The highest BCUT2D eigenvalue weighted by molar-refractivity contribution is 7.15. The van der Waals surface area contributed by atoms with E-state index in [1.54, 1.807) is 0 Å². The van der Waals surface area contributed by atoms with Crippen molar-refractivity contribution in [3.63, 3.8) is 0 Å². The van der Waals surface area contributed by atoms with Crippen LogP contribution in [0.15, 0.2) is 52.8 Å². The molecule has 4 aromatic rings. The minimum absolute atomic E-state index is 0.0824. The Kier molecular flexibility index (Phi) is 4.10. The predicted octanol–water partition coefficient (Wildman–Crippen LogP) is 2.81. The summed E-state index contributed by atoms with van der Waals surface area (Å²) in [6, 6.07) is 10.8. The van der Waals surface area contributed by atoms with E-state index in [1.807, 2.05) is 42.6 Å². The molecule has 26 heavy (non-hydrogen) atoms. The van der Waals surface area contributed by atoms with Crippen molar-refractivity contribution < 1.29 is 9.53 Å². The molecular formula is C18H14N4O3S. The Morgan fingerprint density at radius 2 is 2.12 bits per heavy atom. The van der Waals surface area contributed by atoms with Crippen molar-refractivity contribution in [2.45, 2.75) is 13.5 Å². The summed E-state index contributed by atoms with van der Waals surface area (Å²) in [7, 11) is 0. The van der Waals surface area contributed by atoms with Gasteiger partial charge in [-0.3, -0.25) is 14.3 Å². The molecular weight excluding hydrogens is 352 g/mol. The lowest BCUT2D eigenvalue weighted by atomic mass is 10.1. The molecule has 4 rings (SSSR count). The van der Waals surface area contributed by atoms with Gasteiger partial charge in [0.25, 0.3) is 5.56 Å². The molecule has 0 radical (unpaired) electrons. The molecule has 1 N–H and O–H groups in total. The van der Waals surface area contributed by atoms with Crippen LogP contribution in [0.4, 0.5) is 0 Å². The number of fused-ring (bicyclic) bond motifs is 1. The van der Waals surface area contributed by atoms with Crippen LogP contribution in [-0.2, 0) is 11.3 Å². The van der Waals surface area contributed by atoms with E-state index in [9.17, 15) is 9.59 Å². The number of benzene rings is 1. The molecule has 0 atom stereocenters. The van der Waals surface area contributed by atoms with Crippen LogP contribution >= 0.6 is 11.3 Å². The number of hydrogen-bond donors (Lipinski definition) is 1. The minimum Gasteiger partial charge on any atom is -0.455 e. The summed E-state index contributed by atoms with van der Waals surface area (Å²) in [5.41, 5.74) is 2.82. The van der Waals surface area contributed by atoms with Crippen LogP contribution in [-0.4, -0.2) is 25.6 Å². The third-order valence-corrected chi connectivity index (χ3v) is 4.85. The number of nitrogens with one attached hydrogen (secondary N) is 1. The van der Waals surface area contributed by atoms with E-state index >= 15 is 0 Å². The summed E-state index contributed by atoms with van der Waals surface area (Å²) in [5, 5.41) is 8.62. The first-order valence-corrected chi connectivity index (χ1v) is 8.74. The number of rotatable bonds is 4. The average Bonchev–Trinajstić information content (AvgIpc) is 3.28. The van der Waals surface area contributed by atoms with Crippen molar-refractivity contribution in [2.75, 3.05) is 0 Å². The van der Waals surface area contributed by atoms with E-state index in [4.69, 9.17) is 4.74 Å². The third-order valence-electron chi connectivity index (χ3n) is 3.90. The topological polar surface area (TPSA) is 89.3 Å². The van der Waals surface area contributed by atoms with E-state index in [2.05, 4.69) is 15.2 Å². The van der Waals surface area contributed by atoms with Crippen LogP contribution in [0.2, 0.25) is 0 Å². The Hall–Kier alpha value is -3.26. The van der Waals surface area contributed by atoms with Crippen LogP contribution < -0.4 is 5.56 Å². The number of aromatic amines is 1. The van der Waals surface area contributed by atoms with Gasteiger partial charge in [0.15, 0.2) is 4.96 Å². The Morgan fingerprint density at radius 3 is 2.92 bits per heavy atom. The molecule has 0 fully saturated rings. The molecule has 0 bridgehead atoms. The van der Waals surface area contributed by atoms with Crippen LogP contribution in [0.25, 0.3) is 16.2 Å². The van der Waals surface area contributed by atoms with Crippen molar-refractivity contribution in [1.82, 2.24) is 19.6 Å². The number of hydrogen-bond acceptors (Lipinski definition) is 6. The van der Waals surface area contributed by atoms with Crippen molar-refractivity contribution in [3.8, 4) is 11.3 Å². The maximum absolute atomic E-state index is 12.4. The molecule has 3 aromatic heterocycles. The maximum Gasteiger partial charge on any atom is 0.342 e. The van der Waals surface area contributed by atoms with Crippen molar-refractivity contribution in [2.24, 2.45) is 0 Å². The maximum atomic E-state index is 12.4. The van der Waals surface area contributed by atoms with Crippen LogP contribution in [0.5, 0.6) is 0 Å². The third kappa shape index (κ3) is 2.91. The largest absolute Gasteiger partial charge is 0.455 e. The predicted molar refractivity (Wildman–Crippen MR) is 97.2 cm³/mol. The molecule has 0 saturated heterocycles. The zero-order valence-corrected chi connectivity index (χ0v) is 14.6. The van der Waals surface area contributed by atoms with E-state index in [-0.39, 0.29) is 12.2 Å². The van der Waals surface area contributed by atoms with E-state index in [0.29, 0.717) is 21.9 Å². The number of aryl methyl sites for hydroxylation is 1. The monoisotopic (exact) mass is 366 g/mol. The standard InChI is InChI=1S/C18H14N4O3S/c1-11-10-26-18-20-13(7-15(23)22(11)18)9-25-17(24)14-8-19-21-16(14)12-5-3-2-4-6-12/h2-8,10H,9H2,1H3,(H,19,21). The fourth-order valence-corrected chi connectivity index (χ4v) is 3.55. The lowest BCUT2D eigenvalue weighted by Gasteiger charge is -2.05. The molecule has 0 aliphatic carbocycles. The van der Waals surface area contributed by atoms with E-state index < -0.39 is 5.97 Å². The fraction of sp³-hybridized carbons (Fsp3) is 0.111. The molecule has 3 heterocycles. The molecule has 1 aromatic carbocycles. The average molecular weight is 366 g/mol. The first-order valence-electron chi connectivity index (χ1n) is 7.86. The van der Waals surface area contributed by atoms with Gasteiger partial charge in [-0.1, -0.05) is 30.3 Å². The van der Waals surface area contributed by atoms with E-state index in [0.717, 1.165) is 11.3 Å². The molecule has 0 unspecified atom stereocenters. The van der Waals surface area contributed by atoms with Gasteiger partial charge in [-0.15, -0.1) is 11.3 Å². The van der Waals surface area contributed by atoms with Crippen LogP contribution in [0.1, 0.15) is 21.7 Å². The number of H-pyrrole nitrogens is 1. The summed E-state index contributed by atoms with van der Waals surface area (Å²) in [6.45, 7) is 1.76. The number of thiazole rings is 1. The first-order chi connectivity index (χ1) is 12.6. The normalized spacial score (nSPS) is 11.0. The van der Waals surface area contributed by atoms with Crippen LogP contribution in [0.3, 0.4) is 0 Å². The quantitative estimate of drug-likeness (QED) is 0.561. The fourth-order valence-electron chi connectivity index (χ4n) is 2.66. The second-order valence-electron chi connectivity index (χ2n) is 5.68. The smallest absolute Gasteiger partial charge is 0.342 e. The van der Waals surface area contributed by atoms with Gasteiger partial charge in [-0.05, 0) is 6.92 Å². The highest BCUT2D eigenvalue weighted by Crippen LogP contribution is 2.21. The molecule has 130 valence electrons. The zero-order valence-electron chi connectivity index (χ0n) is 13.8. The SMILES string of the molecule is Cc1csc2nc(COC(=O)c3cn[nH]c3-c3ccccc3)cc(=O)n12. The first kappa shape index (κ1) is 16.2. The van der Waals surface area contributed by atoms with Gasteiger partial charge >= 0.3 is 5.97 Å². The number of carbonyl (C=O) groups excluding carboxylic acids is 1. The summed E-state index contributed by atoms with van der Waals surface area (Å²) >= 11 is 1.37. The van der Waals surface area contributed by atoms with E-state index in [1.165, 1.54) is 28.0 Å². The Labute approximate surface area is 151 Å². The second kappa shape index (κ2) is 6.57. The molecule has 0 saturated carbocycles. The number of aromatic nitrogens is 4. The highest BCUT2D eigenvalue weighted by Gasteiger charge is 2.17. The molecule has 0 amide bonds. The molecule has 7 nitrogen and oxygen atoms in total. The Bertz CT molecular complexity index is 1140. The molecule has 0 aliphatic heterocycles. The zero-order chi connectivity index (χ0) is 18.1. The summed E-state index contributed by atoms with van der Waals surface area (Å²) in [6.07, 6.45) is 1.43. The van der Waals surface area contributed by atoms with Crippen molar-refractivity contribution in [1.29, 1.82) is 0 Å². The van der Waals surface area contributed by atoms with Gasteiger partial charge in [0, 0.05) is 22.7 Å². The second-order valence-corrected chi connectivity index (χ2v) is 6.52. The number of nitrogens with zero attached hydrogens (tertiary/aromatic N) is 3. The Balaban J connectivity index is 1.55. The van der Waals surface area contributed by atoms with Gasteiger partial charge in [0.05, 0.1) is 17.6 Å². The lowest BCUT2D eigenvalue weighted by Crippen LogP contribution is -2.16. The van der Waals surface area contributed by atoms with Gasteiger partial charge in [0.1, 0.15) is 12.2 Å². The molecule has 0 spiro atoms. The van der Waals surface area contributed by atoms with Gasteiger partial charge in [-0.2, -0.15) is 5.10 Å². The summed E-state index contributed by atoms with van der Waals surface area (Å²) in [4.78, 5) is 29.6. The molecule has 8 heteroatoms. The van der Waals surface area contributed by atoms with Gasteiger partial charge < -0.3 is 4.74 Å².